The number of hydrogen-bond donors (Lipinski definition) is 2. The Bertz CT molecular complexity index is 533. The van der Waals surface area contributed by atoms with Crippen LogP contribution in [0.15, 0.2) is 30.3 Å². The lowest BCUT2D eigenvalue weighted by atomic mass is 9.87. The zero-order valence-corrected chi connectivity index (χ0v) is 12.7. The van der Waals surface area contributed by atoms with Crippen molar-refractivity contribution in [2.24, 2.45) is 0 Å². The largest absolute Gasteiger partial charge is 0.481 e. The molecule has 1 aliphatic rings. The summed E-state index contributed by atoms with van der Waals surface area (Å²) in [6.45, 7) is 3.77. The molecule has 1 fully saturated rings. The van der Waals surface area contributed by atoms with E-state index in [-0.39, 0.29) is 25.2 Å². The molecule has 0 radical (unpaired) electrons. The van der Waals surface area contributed by atoms with E-state index in [0.29, 0.717) is 6.42 Å². The summed E-state index contributed by atoms with van der Waals surface area (Å²) in [6.07, 6.45) is -0.874. The van der Waals surface area contributed by atoms with Crippen molar-refractivity contribution in [3.63, 3.8) is 0 Å². The Morgan fingerprint density at radius 2 is 2.05 bits per heavy atom. The molecule has 6 nitrogen and oxygen atoms in total. The van der Waals surface area contributed by atoms with Crippen molar-refractivity contribution in [1.29, 1.82) is 0 Å². The van der Waals surface area contributed by atoms with Crippen LogP contribution in [0.1, 0.15) is 32.3 Å². The predicted molar refractivity (Wildman–Crippen MR) is 79.4 cm³/mol. The van der Waals surface area contributed by atoms with Gasteiger partial charge in [0, 0.05) is 0 Å². The summed E-state index contributed by atoms with van der Waals surface area (Å²) in [5.41, 5.74) is -0.0621. The fourth-order valence-electron chi connectivity index (χ4n) is 2.85. The number of aliphatic carboxylic acids is 1. The van der Waals surface area contributed by atoms with Crippen LogP contribution in [0, 0.1) is 0 Å². The van der Waals surface area contributed by atoms with Crippen molar-refractivity contribution in [3.8, 4) is 0 Å². The molecule has 6 heteroatoms. The lowest BCUT2D eigenvalue weighted by Gasteiger charge is -2.31. The monoisotopic (exact) mass is 307 g/mol. The Hall–Kier alpha value is -2.08. The van der Waals surface area contributed by atoms with E-state index in [9.17, 15) is 9.59 Å². The Balaban J connectivity index is 1.98. The lowest BCUT2D eigenvalue weighted by Crippen LogP contribution is -2.54. The van der Waals surface area contributed by atoms with Gasteiger partial charge in [0.1, 0.15) is 6.61 Å². The van der Waals surface area contributed by atoms with E-state index >= 15 is 0 Å². The minimum atomic E-state index is -0.979. The zero-order chi connectivity index (χ0) is 16.2. The second-order valence-corrected chi connectivity index (χ2v) is 5.71. The van der Waals surface area contributed by atoms with Crippen molar-refractivity contribution in [2.45, 2.75) is 51.0 Å². The fourth-order valence-corrected chi connectivity index (χ4v) is 2.85. The molecule has 3 atom stereocenters. The molecular weight excluding hydrogens is 286 g/mol. The Morgan fingerprint density at radius 3 is 2.59 bits per heavy atom. The van der Waals surface area contributed by atoms with Crippen LogP contribution in [0.5, 0.6) is 0 Å². The lowest BCUT2D eigenvalue weighted by molar-refractivity contribution is -0.139. The quantitative estimate of drug-likeness (QED) is 0.872. The maximum absolute atomic E-state index is 12.0. The van der Waals surface area contributed by atoms with Gasteiger partial charge < -0.3 is 19.9 Å². The number of carboxylic acids is 1. The second kappa shape index (κ2) is 6.79. The number of benzene rings is 1. The first-order valence-electron chi connectivity index (χ1n) is 7.27. The van der Waals surface area contributed by atoms with E-state index in [0.717, 1.165) is 5.56 Å². The average Bonchev–Trinajstić information content (AvgIpc) is 2.71. The molecule has 0 saturated carbocycles. The summed E-state index contributed by atoms with van der Waals surface area (Å²) in [5, 5.41) is 11.8. The Kier molecular flexibility index (Phi) is 5.03. The van der Waals surface area contributed by atoms with Gasteiger partial charge >= 0.3 is 12.1 Å². The Morgan fingerprint density at radius 1 is 1.36 bits per heavy atom. The summed E-state index contributed by atoms with van der Waals surface area (Å²) in [7, 11) is 0. The van der Waals surface area contributed by atoms with Crippen LogP contribution in [-0.2, 0) is 20.9 Å². The molecule has 1 amide bonds. The molecule has 0 spiro atoms. The van der Waals surface area contributed by atoms with Gasteiger partial charge in [0.2, 0.25) is 0 Å². The topological polar surface area (TPSA) is 84.9 Å². The molecule has 0 aliphatic carbocycles. The van der Waals surface area contributed by atoms with Crippen molar-refractivity contribution in [2.75, 3.05) is 0 Å². The molecule has 120 valence electrons. The highest BCUT2D eigenvalue weighted by Gasteiger charge is 2.47. The molecule has 1 heterocycles. The van der Waals surface area contributed by atoms with Gasteiger partial charge in [-0.2, -0.15) is 0 Å². The van der Waals surface area contributed by atoms with Crippen molar-refractivity contribution >= 4 is 12.1 Å². The van der Waals surface area contributed by atoms with Gasteiger partial charge in [-0.3, -0.25) is 4.79 Å². The van der Waals surface area contributed by atoms with Gasteiger partial charge in [0.05, 0.1) is 24.2 Å². The molecule has 0 aromatic heterocycles. The molecular formula is C16H21NO5. The summed E-state index contributed by atoms with van der Waals surface area (Å²) >= 11 is 0. The number of carbonyl (C=O) groups is 2. The summed E-state index contributed by atoms with van der Waals surface area (Å²) in [5.74, 6) is -0.979. The Labute approximate surface area is 129 Å². The molecule has 1 aliphatic heterocycles. The first-order valence-corrected chi connectivity index (χ1v) is 7.27. The third kappa shape index (κ3) is 3.98. The van der Waals surface area contributed by atoms with Gasteiger partial charge in [-0.1, -0.05) is 30.3 Å². The number of nitrogens with one attached hydrogen (secondary N) is 1. The van der Waals surface area contributed by atoms with E-state index in [2.05, 4.69) is 5.32 Å². The molecule has 3 unspecified atom stereocenters. The number of carbonyl (C=O) groups excluding carboxylic acids is 1. The van der Waals surface area contributed by atoms with Gasteiger partial charge in [0.15, 0.2) is 0 Å². The molecule has 1 aromatic rings. The van der Waals surface area contributed by atoms with Gasteiger partial charge in [-0.05, 0) is 25.8 Å². The average molecular weight is 307 g/mol. The number of carboxylic acid groups (broad SMARTS) is 1. The highest BCUT2D eigenvalue weighted by atomic mass is 16.6. The first kappa shape index (κ1) is 16.3. The normalized spacial score (nSPS) is 27.4. The minimum absolute atomic E-state index is 0.108. The summed E-state index contributed by atoms with van der Waals surface area (Å²) < 4.78 is 10.8. The van der Waals surface area contributed by atoms with Crippen molar-refractivity contribution in [3.05, 3.63) is 35.9 Å². The highest BCUT2D eigenvalue weighted by Crippen LogP contribution is 2.33. The number of amides is 1. The van der Waals surface area contributed by atoms with Crippen LogP contribution in [0.25, 0.3) is 0 Å². The molecule has 2 rings (SSSR count). The molecule has 22 heavy (non-hydrogen) atoms. The molecule has 1 saturated heterocycles. The smallest absolute Gasteiger partial charge is 0.408 e. The van der Waals surface area contributed by atoms with Crippen LogP contribution in [0.3, 0.4) is 0 Å². The van der Waals surface area contributed by atoms with E-state index in [1.165, 1.54) is 0 Å². The van der Waals surface area contributed by atoms with Crippen molar-refractivity contribution in [1.82, 2.24) is 5.32 Å². The fraction of sp³-hybridized carbons (Fsp3) is 0.500. The standard InChI is InChI=1S/C16H21NO5/c1-11-8-16(9-14(18)19,12(2)22-11)17-15(20)21-10-13-6-4-3-5-7-13/h3-7,11-12H,8-10H2,1-2H3,(H,17,20)(H,18,19). The molecule has 1 aromatic carbocycles. The summed E-state index contributed by atoms with van der Waals surface area (Å²) in [6, 6.07) is 9.30. The summed E-state index contributed by atoms with van der Waals surface area (Å²) in [4.78, 5) is 23.2. The van der Waals surface area contributed by atoms with Crippen LogP contribution >= 0.6 is 0 Å². The minimum Gasteiger partial charge on any atom is -0.481 e. The van der Waals surface area contributed by atoms with Crippen LogP contribution < -0.4 is 5.32 Å². The highest BCUT2D eigenvalue weighted by molar-refractivity contribution is 5.73. The van der Waals surface area contributed by atoms with Gasteiger partial charge in [-0.25, -0.2) is 4.79 Å². The van der Waals surface area contributed by atoms with Gasteiger partial charge in [0.25, 0.3) is 0 Å². The third-order valence-electron chi connectivity index (χ3n) is 3.90. The number of ether oxygens (including phenoxy) is 2. The van der Waals surface area contributed by atoms with E-state index in [1.807, 2.05) is 37.3 Å². The molecule has 0 bridgehead atoms. The van der Waals surface area contributed by atoms with E-state index in [4.69, 9.17) is 14.6 Å². The predicted octanol–water partition coefficient (Wildman–Crippen LogP) is 2.32. The maximum atomic E-state index is 12.0. The zero-order valence-electron chi connectivity index (χ0n) is 12.7. The van der Waals surface area contributed by atoms with Crippen LogP contribution in [-0.4, -0.2) is 34.9 Å². The van der Waals surface area contributed by atoms with Crippen LogP contribution in [0.2, 0.25) is 0 Å². The second-order valence-electron chi connectivity index (χ2n) is 5.71. The first-order chi connectivity index (χ1) is 10.4. The van der Waals surface area contributed by atoms with Gasteiger partial charge in [-0.15, -0.1) is 0 Å². The van der Waals surface area contributed by atoms with E-state index in [1.54, 1.807) is 6.92 Å². The van der Waals surface area contributed by atoms with Crippen molar-refractivity contribution < 1.29 is 24.2 Å². The van der Waals surface area contributed by atoms with Crippen LogP contribution in [0.4, 0.5) is 4.79 Å². The molecule has 2 N–H and O–H groups in total. The SMILES string of the molecule is CC1CC(CC(=O)O)(NC(=O)OCc2ccccc2)C(C)O1. The van der Waals surface area contributed by atoms with E-state index < -0.39 is 17.6 Å². The third-order valence-corrected chi connectivity index (χ3v) is 3.90. The maximum Gasteiger partial charge on any atom is 0.408 e. The number of hydrogen-bond acceptors (Lipinski definition) is 4. The number of rotatable bonds is 5. The number of alkyl carbamates (subject to hydrolysis) is 1.